The highest BCUT2D eigenvalue weighted by atomic mass is 16.5. The summed E-state index contributed by atoms with van der Waals surface area (Å²) >= 11 is 0. The normalized spacial score (nSPS) is 36.6. The van der Waals surface area contributed by atoms with Crippen molar-refractivity contribution in [2.45, 2.75) is 58.0 Å². The molecule has 4 rings (SSSR count). The van der Waals surface area contributed by atoms with E-state index in [-0.39, 0.29) is 11.4 Å². The standard InChI is InChI=1S/C20H26O2/c21-19(22-14-15-6-2-1-3-7-15)20-12-5-10-16-8-4-9-17(11-13-20)18(16)20/h1-3,6-7,16-18H,4-5,8-14H2. The molecule has 0 aromatic heterocycles. The first-order valence-corrected chi connectivity index (χ1v) is 9.01. The van der Waals surface area contributed by atoms with E-state index >= 15 is 0 Å². The lowest BCUT2D eigenvalue weighted by molar-refractivity contribution is -0.166. The molecule has 4 atom stereocenters. The Bertz CT molecular complexity index is 536. The smallest absolute Gasteiger partial charge is 0.312 e. The van der Waals surface area contributed by atoms with Gasteiger partial charge in [0.25, 0.3) is 0 Å². The molecule has 118 valence electrons. The molecule has 0 radical (unpaired) electrons. The second-order valence-corrected chi connectivity index (χ2v) is 7.63. The fourth-order valence-corrected chi connectivity index (χ4v) is 5.72. The van der Waals surface area contributed by atoms with Gasteiger partial charge in [0.15, 0.2) is 0 Å². The lowest BCUT2D eigenvalue weighted by atomic mass is 9.58. The van der Waals surface area contributed by atoms with E-state index in [0.29, 0.717) is 12.5 Å². The summed E-state index contributed by atoms with van der Waals surface area (Å²) < 4.78 is 5.80. The second-order valence-electron chi connectivity index (χ2n) is 7.63. The molecule has 0 aliphatic heterocycles. The molecule has 0 amide bonds. The van der Waals surface area contributed by atoms with E-state index in [9.17, 15) is 4.79 Å². The van der Waals surface area contributed by atoms with Gasteiger partial charge >= 0.3 is 5.97 Å². The van der Waals surface area contributed by atoms with E-state index in [1.165, 1.54) is 38.5 Å². The lowest BCUT2D eigenvalue weighted by Crippen LogP contribution is -2.45. The minimum atomic E-state index is -0.136. The van der Waals surface area contributed by atoms with Crippen molar-refractivity contribution in [2.24, 2.45) is 23.2 Å². The third-order valence-corrected chi connectivity index (χ3v) is 6.58. The number of hydrogen-bond acceptors (Lipinski definition) is 2. The number of carbonyl (C=O) groups is 1. The number of benzene rings is 1. The van der Waals surface area contributed by atoms with Crippen LogP contribution in [0.5, 0.6) is 0 Å². The molecule has 1 aromatic rings. The van der Waals surface area contributed by atoms with E-state index in [4.69, 9.17) is 4.74 Å². The zero-order valence-electron chi connectivity index (χ0n) is 13.3. The Morgan fingerprint density at radius 3 is 2.55 bits per heavy atom. The highest BCUT2D eigenvalue weighted by Crippen LogP contribution is 2.61. The van der Waals surface area contributed by atoms with Gasteiger partial charge in [0, 0.05) is 0 Å². The van der Waals surface area contributed by atoms with E-state index in [2.05, 4.69) is 0 Å². The van der Waals surface area contributed by atoms with Gasteiger partial charge in [-0.2, -0.15) is 0 Å². The van der Waals surface area contributed by atoms with Crippen molar-refractivity contribution in [2.75, 3.05) is 0 Å². The van der Waals surface area contributed by atoms with Crippen LogP contribution in [0, 0.1) is 23.2 Å². The minimum Gasteiger partial charge on any atom is -0.460 e. The molecule has 0 spiro atoms. The molecule has 3 aliphatic rings. The van der Waals surface area contributed by atoms with Crippen molar-refractivity contribution < 1.29 is 9.53 Å². The lowest BCUT2D eigenvalue weighted by Gasteiger charge is -2.46. The number of hydrogen-bond donors (Lipinski definition) is 0. The zero-order chi connectivity index (χ0) is 15.0. The Hall–Kier alpha value is -1.31. The van der Waals surface area contributed by atoms with Crippen LogP contribution in [0.1, 0.15) is 56.9 Å². The molecule has 3 fully saturated rings. The van der Waals surface area contributed by atoms with Gasteiger partial charge in [-0.25, -0.2) is 0 Å². The average molecular weight is 298 g/mol. The predicted molar refractivity (Wildman–Crippen MR) is 86.1 cm³/mol. The Kier molecular flexibility index (Phi) is 3.71. The SMILES string of the molecule is O=C(OCc1ccccc1)C12CCCC3CCCC(CC1)C32. The predicted octanol–water partition coefficient (Wildman–Crippen LogP) is 4.73. The molecule has 0 bridgehead atoms. The van der Waals surface area contributed by atoms with E-state index in [0.717, 1.165) is 30.2 Å². The maximum absolute atomic E-state index is 13.0. The summed E-state index contributed by atoms with van der Waals surface area (Å²) in [5.74, 6) is 2.32. The van der Waals surface area contributed by atoms with Crippen LogP contribution in [0.2, 0.25) is 0 Å². The van der Waals surface area contributed by atoms with Gasteiger partial charge in [-0.15, -0.1) is 0 Å². The fourth-order valence-electron chi connectivity index (χ4n) is 5.72. The van der Waals surface area contributed by atoms with Gasteiger partial charge in [0.1, 0.15) is 6.61 Å². The van der Waals surface area contributed by atoms with Crippen molar-refractivity contribution in [1.29, 1.82) is 0 Å². The van der Waals surface area contributed by atoms with Gasteiger partial charge in [0.2, 0.25) is 0 Å². The van der Waals surface area contributed by atoms with Crippen LogP contribution < -0.4 is 0 Å². The molecular formula is C20H26O2. The summed E-state index contributed by atoms with van der Waals surface area (Å²) in [6.45, 7) is 0.434. The maximum Gasteiger partial charge on any atom is 0.312 e. The van der Waals surface area contributed by atoms with E-state index in [1.807, 2.05) is 30.3 Å². The molecule has 2 nitrogen and oxygen atoms in total. The minimum absolute atomic E-state index is 0.107. The van der Waals surface area contributed by atoms with Gasteiger partial charge in [-0.3, -0.25) is 4.79 Å². The van der Waals surface area contributed by atoms with Crippen LogP contribution >= 0.6 is 0 Å². The van der Waals surface area contributed by atoms with Gasteiger partial charge in [-0.05, 0) is 42.6 Å². The molecule has 0 N–H and O–H groups in total. The molecule has 1 aromatic carbocycles. The Morgan fingerprint density at radius 1 is 1.00 bits per heavy atom. The summed E-state index contributed by atoms with van der Waals surface area (Å²) in [5.41, 5.74) is 0.959. The Balaban J connectivity index is 1.51. The second kappa shape index (κ2) is 5.72. The van der Waals surface area contributed by atoms with Gasteiger partial charge < -0.3 is 4.74 Å². The van der Waals surface area contributed by atoms with Crippen LogP contribution in [0.25, 0.3) is 0 Å². The summed E-state index contributed by atoms with van der Waals surface area (Å²) in [7, 11) is 0. The zero-order valence-corrected chi connectivity index (χ0v) is 13.3. The highest BCUT2D eigenvalue weighted by molar-refractivity contribution is 5.78. The quantitative estimate of drug-likeness (QED) is 0.754. The van der Waals surface area contributed by atoms with Gasteiger partial charge in [-0.1, -0.05) is 62.4 Å². The number of esters is 1. The molecule has 0 heterocycles. The van der Waals surface area contributed by atoms with Crippen LogP contribution in [0.15, 0.2) is 30.3 Å². The van der Waals surface area contributed by atoms with Crippen LogP contribution in [-0.2, 0) is 16.1 Å². The monoisotopic (exact) mass is 298 g/mol. The first-order valence-electron chi connectivity index (χ1n) is 9.01. The van der Waals surface area contributed by atoms with Crippen molar-refractivity contribution >= 4 is 5.97 Å². The average Bonchev–Trinajstić information content (AvgIpc) is 2.96. The molecule has 3 saturated carbocycles. The largest absolute Gasteiger partial charge is 0.460 e. The van der Waals surface area contributed by atoms with Crippen molar-refractivity contribution in [3.63, 3.8) is 0 Å². The summed E-state index contributed by atoms with van der Waals surface area (Å²) in [6, 6.07) is 10.1. The third-order valence-electron chi connectivity index (χ3n) is 6.58. The van der Waals surface area contributed by atoms with Crippen molar-refractivity contribution in [3.8, 4) is 0 Å². The number of rotatable bonds is 3. The van der Waals surface area contributed by atoms with Crippen LogP contribution in [0.3, 0.4) is 0 Å². The van der Waals surface area contributed by atoms with E-state index < -0.39 is 0 Å². The molecule has 3 aliphatic carbocycles. The first-order chi connectivity index (χ1) is 10.8. The molecular weight excluding hydrogens is 272 g/mol. The topological polar surface area (TPSA) is 26.3 Å². The van der Waals surface area contributed by atoms with E-state index in [1.54, 1.807) is 0 Å². The third kappa shape index (κ3) is 2.28. The molecule has 2 heteroatoms. The first kappa shape index (κ1) is 14.3. The van der Waals surface area contributed by atoms with Crippen LogP contribution in [0.4, 0.5) is 0 Å². The van der Waals surface area contributed by atoms with Gasteiger partial charge in [0.05, 0.1) is 5.41 Å². The number of carbonyl (C=O) groups excluding carboxylic acids is 1. The van der Waals surface area contributed by atoms with Crippen molar-refractivity contribution in [3.05, 3.63) is 35.9 Å². The Labute approximate surface area is 133 Å². The maximum atomic E-state index is 13.0. The number of ether oxygens (including phenoxy) is 1. The fraction of sp³-hybridized carbons (Fsp3) is 0.650. The summed E-state index contributed by atoms with van der Waals surface area (Å²) in [6.07, 6.45) is 10.0. The molecule has 22 heavy (non-hydrogen) atoms. The molecule has 4 unspecified atom stereocenters. The highest BCUT2D eigenvalue weighted by Gasteiger charge is 2.58. The Morgan fingerprint density at radius 2 is 1.73 bits per heavy atom. The molecule has 0 saturated heterocycles. The summed E-state index contributed by atoms with van der Waals surface area (Å²) in [5, 5.41) is 0. The summed E-state index contributed by atoms with van der Waals surface area (Å²) in [4.78, 5) is 13.0. The van der Waals surface area contributed by atoms with Crippen molar-refractivity contribution in [1.82, 2.24) is 0 Å². The van der Waals surface area contributed by atoms with Crippen LogP contribution in [-0.4, -0.2) is 5.97 Å².